The number of carbonyl (C=O) groups excluding carboxylic acids is 1. The average molecular weight is 398 g/mol. The third kappa shape index (κ3) is 4.88. The summed E-state index contributed by atoms with van der Waals surface area (Å²) in [5, 5.41) is 11.7. The van der Waals surface area contributed by atoms with E-state index in [0.29, 0.717) is 5.69 Å². The molecule has 0 spiro atoms. The molecule has 146 valence electrons. The highest BCUT2D eigenvalue weighted by atomic mass is 32.2. The van der Waals surface area contributed by atoms with Crippen LogP contribution in [0.5, 0.6) is 0 Å². The molecule has 0 atom stereocenters. The summed E-state index contributed by atoms with van der Waals surface area (Å²) in [6, 6.07) is 15.2. The molecule has 1 heterocycles. The number of hydrogen-bond donors (Lipinski definition) is 2. The standard InChI is InChI=1S/C20H22N4O3S/c21-14-16-6-2-3-7-19(16)28(26,27)22-15-20(25)23-17-8-10-18(11-9-17)24-12-4-1-5-13-24/h2-3,6-11,22H,1,4-5,12-13,15H2,(H,23,25). The minimum absolute atomic E-state index is 0.0312. The van der Waals surface area contributed by atoms with Gasteiger partial charge in [0.05, 0.1) is 17.0 Å². The highest BCUT2D eigenvalue weighted by molar-refractivity contribution is 7.89. The van der Waals surface area contributed by atoms with E-state index in [9.17, 15) is 13.2 Å². The highest BCUT2D eigenvalue weighted by Gasteiger charge is 2.19. The predicted octanol–water partition coefficient (Wildman–Crippen LogP) is 2.47. The molecular weight excluding hydrogens is 376 g/mol. The van der Waals surface area contributed by atoms with Crippen molar-refractivity contribution >= 4 is 27.3 Å². The van der Waals surface area contributed by atoms with E-state index in [-0.39, 0.29) is 10.5 Å². The van der Waals surface area contributed by atoms with Gasteiger partial charge in [0.15, 0.2) is 0 Å². The Kier molecular flexibility index (Phi) is 6.29. The van der Waals surface area contributed by atoms with E-state index in [0.717, 1.165) is 18.8 Å². The van der Waals surface area contributed by atoms with E-state index in [1.54, 1.807) is 18.2 Å². The Labute approximate surface area is 165 Å². The molecule has 0 saturated carbocycles. The number of carbonyl (C=O) groups is 1. The van der Waals surface area contributed by atoms with Crippen molar-refractivity contribution in [2.45, 2.75) is 24.2 Å². The van der Waals surface area contributed by atoms with Crippen molar-refractivity contribution in [2.75, 3.05) is 29.9 Å². The third-order valence-electron chi connectivity index (χ3n) is 4.59. The zero-order chi connectivity index (χ0) is 20.0. The predicted molar refractivity (Wildman–Crippen MR) is 107 cm³/mol. The summed E-state index contributed by atoms with van der Waals surface area (Å²) in [4.78, 5) is 14.3. The normalized spacial score (nSPS) is 14.3. The van der Waals surface area contributed by atoms with Crippen LogP contribution in [0.4, 0.5) is 11.4 Å². The zero-order valence-electron chi connectivity index (χ0n) is 15.4. The van der Waals surface area contributed by atoms with Gasteiger partial charge < -0.3 is 10.2 Å². The molecular formula is C20H22N4O3S. The number of sulfonamides is 1. The van der Waals surface area contributed by atoms with Crippen molar-refractivity contribution in [1.29, 1.82) is 5.26 Å². The fraction of sp³-hybridized carbons (Fsp3) is 0.300. The molecule has 1 aliphatic heterocycles. The van der Waals surface area contributed by atoms with Gasteiger partial charge in [-0.15, -0.1) is 0 Å². The summed E-state index contributed by atoms with van der Waals surface area (Å²) in [7, 11) is -3.95. The number of anilines is 2. The maximum atomic E-state index is 12.3. The summed E-state index contributed by atoms with van der Waals surface area (Å²) in [6.07, 6.45) is 3.64. The second-order valence-corrected chi connectivity index (χ2v) is 8.31. The molecule has 8 heteroatoms. The third-order valence-corrected chi connectivity index (χ3v) is 6.05. The first-order valence-electron chi connectivity index (χ1n) is 9.13. The number of piperidine rings is 1. The summed E-state index contributed by atoms with van der Waals surface area (Å²) < 4.78 is 26.9. The van der Waals surface area contributed by atoms with Crippen LogP contribution in [0.15, 0.2) is 53.4 Å². The lowest BCUT2D eigenvalue weighted by atomic mass is 10.1. The van der Waals surface area contributed by atoms with Crippen LogP contribution >= 0.6 is 0 Å². The first-order valence-corrected chi connectivity index (χ1v) is 10.6. The fourth-order valence-electron chi connectivity index (χ4n) is 3.14. The molecule has 2 aromatic carbocycles. The molecule has 0 bridgehead atoms. The van der Waals surface area contributed by atoms with Crippen molar-refractivity contribution in [3.05, 3.63) is 54.1 Å². The lowest BCUT2D eigenvalue weighted by Gasteiger charge is -2.28. The minimum atomic E-state index is -3.95. The molecule has 1 aliphatic rings. The van der Waals surface area contributed by atoms with E-state index in [1.165, 1.54) is 37.5 Å². The number of nitrogens with zero attached hydrogens (tertiary/aromatic N) is 2. The molecule has 0 unspecified atom stereocenters. The van der Waals surface area contributed by atoms with E-state index in [4.69, 9.17) is 5.26 Å². The van der Waals surface area contributed by atoms with Gasteiger partial charge in [-0.2, -0.15) is 5.26 Å². The quantitative estimate of drug-likeness (QED) is 0.778. The maximum absolute atomic E-state index is 12.3. The average Bonchev–Trinajstić information content (AvgIpc) is 2.73. The van der Waals surface area contributed by atoms with Crippen molar-refractivity contribution in [2.24, 2.45) is 0 Å². The Bertz CT molecular complexity index is 975. The minimum Gasteiger partial charge on any atom is -0.372 e. The smallest absolute Gasteiger partial charge is 0.242 e. The lowest BCUT2D eigenvalue weighted by molar-refractivity contribution is -0.115. The SMILES string of the molecule is N#Cc1ccccc1S(=O)(=O)NCC(=O)Nc1ccc(N2CCCCC2)cc1. The molecule has 7 nitrogen and oxygen atoms in total. The number of benzene rings is 2. The fourth-order valence-corrected chi connectivity index (χ4v) is 4.28. The van der Waals surface area contributed by atoms with Gasteiger partial charge in [0.1, 0.15) is 6.07 Å². The number of hydrogen-bond acceptors (Lipinski definition) is 5. The molecule has 0 aromatic heterocycles. The Morgan fingerprint density at radius 3 is 2.39 bits per heavy atom. The van der Waals surface area contributed by atoms with Crippen LogP contribution in [0, 0.1) is 11.3 Å². The van der Waals surface area contributed by atoms with Gasteiger partial charge in [-0.3, -0.25) is 4.79 Å². The van der Waals surface area contributed by atoms with Gasteiger partial charge in [0, 0.05) is 24.5 Å². The molecule has 1 amide bonds. The first kappa shape index (κ1) is 19.9. The molecule has 0 aliphatic carbocycles. The molecule has 0 radical (unpaired) electrons. The zero-order valence-corrected chi connectivity index (χ0v) is 16.2. The van der Waals surface area contributed by atoms with Crippen LogP contribution in [0.3, 0.4) is 0 Å². The number of nitriles is 1. The van der Waals surface area contributed by atoms with Gasteiger partial charge in [0.25, 0.3) is 0 Å². The molecule has 2 aromatic rings. The van der Waals surface area contributed by atoms with Crippen LogP contribution in [0.1, 0.15) is 24.8 Å². The van der Waals surface area contributed by atoms with Crippen molar-refractivity contribution in [3.63, 3.8) is 0 Å². The Balaban J connectivity index is 1.57. The molecule has 28 heavy (non-hydrogen) atoms. The number of rotatable bonds is 6. The van der Waals surface area contributed by atoms with Gasteiger partial charge in [-0.1, -0.05) is 12.1 Å². The highest BCUT2D eigenvalue weighted by Crippen LogP contribution is 2.21. The molecule has 2 N–H and O–H groups in total. The molecule has 1 saturated heterocycles. The number of nitrogens with one attached hydrogen (secondary N) is 2. The summed E-state index contributed by atoms with van der Waals surface area (Å²) in [5.41, 5.74) is 1.75. The lowest BCUT2D eigenvalue weighted by Crippen LogP contribution is -2.33. The van der Waals surface area contributed by atoms with E-state index in [2.05, 4.69) is 14.9 Å². The maximum Gasteiger partial charge on any atom is 0.242 e. The van der Waals surface area contributed by atoms with Crippen LogP contribution in [0.25, 0.3) is 0 Å². The molecule has 3 rings (SSSR count). The summed E-state index contributed by atoms with van der Waals surface area (Å²) in [5.74, 6) is -0.483. The summed E-state index contributed by atoms with van der Waals surface area (Å²) >= 11 is 0. The van der Waals surface area contributed by atoms with Gasteiger partial charge >= 0.3 is 0 Å². The van der Waals surface area contributed by atoms with Crippen LogP contribution in [-0.4, -0.2) is 34.0 Å². The Hall–Kier alpha value is -2.89. The van der Waals surface area contributed by atoms with Crippen molar-refractivity contribution in [1.82, 2.24) is 4.72 Å². The van der Waals surface area contributed by atoms with Crippen LogP contribution in [0.2, 0.25) is 0 Å². The Morgan fingerprint density at radius 2 is 1.71 bits per heavy atom. The van der Waals surface area contributed by atoms with Crippen molar-refractivity contribution in [3.8, 4) is 6.07 Å². The van der Waals surface area contributed by atoms with E-state index < -0.39 is 22.5 Å². The number of amides is 1. The second-order valence-electron chi connectivity index (χ2n) is 6.58. The van der Waals surface area contributed by atoms with Crippen LogP contribution in [-0.2, 0) is 14.8 Å². The Morgan fingerprint density at radius 1 is 1.04 bits per heavy atom. The van der Waals surface area contributed by atoms with Gasteiger partial charge in [-0.05, 0) is 55.7 Å². The molecule has 1 fully saturated rings. The second kappa shape index (κ2) is 8.87. The topological polar surface area (TPSA) is 102 Å². The summed E-state index contributed by atoms with van der Waals surface area (Å²) in [6.45, 7) is 1.66. The van der Waals surface area contributed by atoms with Crippen molar-refractivity contribution < 1.29 is 13.2 Å². The van der Waals surface area contributed by atoms with Gasteiger partial charge in [-0.25, -0.2) is 13.1 Å². The van der Waals surface area contributed by atoms with E-state index >= 15 is 0 Å². The first-order chi connectivity index (χ1) is 13.5. The largest absolute Gasteiger partial charge is 0.372 e. The van der Waals surface area contributed by atoms with Crippen LogP contribution < -0.4 is 14.9 Å². The monoisotopic (exact) mass is 398 g/mol. The van der Waals surface area contributed by atoms with Gasteiger partial charge in [0.2, 0.25) is 15.9 Å². The van der Waals surface area contributed by atoms with E-state index in [1.807, 2.05) is 18.2 Å².